The predicted octanol–water partition coefficient (Wildman–Crippen LogP) is 5.32. The fourth-order valence-electron chi connectivity index (χ4n) is 1.69. The SMILES string of the molecule is CCCCC[Si](C)(C)CC=C[Si](C)(C)C. The zero-order chi connectivity index (χ0) is 11.9. The molecule has 0 saturated carbocycles. The zero-order valence-electron chi connectivity index (χ0n) is 11.7. The molecule has 0 aliphatic rings. The van der Waals surface area contributed by atoms with Crippen LogP contribution >= 0.6 is 0 Å². The molecule has 0 atom stereocenters. The maximum atomic E-state index is 2.54. The molecule has 0 heterocycles. The molecule has 90 valence electrons. The topological polar surface area (TPSA) is 0 Å². The van der Waals surface area contributed by atoms with Crippen LogP contribution in [0.5, 0.6) is 0 Å². The number of hydrogen-bond donors (Lipinski definition) is 0. The average Bonchev–Trinajstić information content (AvgIpc) is 2.01. The van der Waals surface area contributed by atoms with E-state index in [1.54, 1.807) is 0 Å². The van der Waals surface area contributed by atoms with Crippen LogP contribution in [-0.4, -0.2) is 16.1 Å². The van der Waals surface area contributed by atoms with Crippen molar-refractivity contribution >= 4 is 16.1 Å². The Morgan fingerprint density at radius 3 is 2.00 bits per heavy atom. The normalized spacial score (nSPS) is 13.7. The Hall–Kier alpha value is 0.174. The van der Waals surface area contributed by atoms with Crippen molar-refractivity contribution in [2.24, 2.45) is 0 Å². The van der Waals surface area contributed by atoms with Gasteiger partial charge in [-0.3, -0.25) is 0 Å². The van der Waals surface area contributed by atoms with Crippen LogP contribution < -0.4 is 0 Å². The van der Waals surface area contributed by atoms with Gasteiger partial charge in [-0.1, -0.05) is 76.7 Å². The molecule has 0 bridgehead atoms. The first-order valence-corrected chi connectivity index (χ1v) is 13.4. The van der Waals surface area contributed by atoms with Gasteiger partial charge in [-0.2, -0.15) is 0 Å². The lowest BCUT2D eigenvalue weighted by molar-refractivity contribution is 0.762. The van der Waals surface area contributed by atoms with Gasteiger partial charge < -0.3 is 0 Å². The smallest absolute Gasteiger partial charge is 0.0682 e. The molecule has 0 aromatic rings. The summed E-state index contributed by atoms with van der Waals surface area (Å²) >= 11 is 0. The first kappa shape index (κ1) is 15.2. The summed E-state index contributed by atoms with van der Waals surface area (Å²) in [6, 6.07) is 2.90. The summed E-state index contributed by atoms with van der Waals surface area (Å²) in [5.41, 5.74) is 2.52. The summed E-state index contributed by atoms with van der Waals surface area (Å²) in [5.74, 6) is 0. The standard InChI is InChI=1S/C13H30Si2/c1-7-8-9-12-15(5,6)13-10-11-14(2,3)4/h10-11H,7-9,12-13H2,1-6H3. The second-order valence-electron chi connectivity index (χ2n) is 6.59. The Bertz CT molecular complexity index is 187. The minimum atomic E-state index is -0.953. The second kappa shape index (κ2) is 6.69. The molecule has 15 heavy (non-hydrogen) atoms. The third-order valence-electron chi connectivity index (χ3n) is 2.75. The molecule has 0 spiro atoms. The molecular weight excluding hydrogens is 212 g/mol. The van der Waals surface area contributed by atoms with E-state index in [4.69, 9.17) is 0 Å². The van der Waals surface area contributed by atoms with Crippen LogP contribution in [-0.2, 0) is 0 Å². The van der Waals surface area contributed by atoms with Gasteiger partial charge in [-0.25, -0.2) is 0 Å². The van der Waals surface area contributed by atoms with Crippen molar-refractivity contribution in [3.8, 4) is 0 Å². The van der Waals surface area contributed by atoms with E-state index in [0.717, 1.165) is 0 Å². The Labute approximate surface area is 99.2 Å². The predicted molar refractivity (Wildman–Crippen MR) is 79.1 cm³/mol. The van der Waals surface area contributed by atoms with Crippen LogP contribution in [0.2, 0.25) is 44.8 Å². The summed E-state index contributed by atoms with van der Waals surface area (Å²) in [5, 5.41) is 0. The van der Waals surface area contributed by atoms with Crippen molar-refractivity contribution in [1.82, 2.24) is 0 Å². The molecule has 0 N–H and O–H groups in total. The van der Waals surface area contributed by atoms with E-state index in [9.17, 15) is 0 Å². The molecule has 0 aliphatic heterocycles. The van der Waals surface area contributed by atoms with Gasteiger partial charge in [0.05, 0.1) is 16.1 Å². The quantitative estimate of drug-likeness (QED) is 0.419. The highest BCUT2D eigenvalue weighted by Crippen LogP contribution is 2.20. The molecule has 0 fully saturated rings. The van der Waals surface area contributed by atoms with E-state index >= 15 is 0 Å². The van der Waals surface area contributed by atoms with Crippen LogP contribution in [0.15, 0.2) is 11.8 Å². The van der Waals surface area contributed by atoms with E-state index in [0.29, 0.717) is 0 Å². The molecule has 0 radical (unpaired) electrons. The largest absolute Gasteiger partial charge is 0.0992 e. The first-order valence-electron chi connectivity index (χ1n) is 6.44. The van der Waals surface area contributed by atoms with Crippen molar-refractivity contribution in [2.45, 2.75) is 71.0 Å². The molecule has 0 nitrogen and oxygen atoms in total. The van der Waals surface area contributed by atoms with Gasteiger partial charge in [0.2, 0.25) is 0 Å². The van der Waals surface area contributed by atoms with Gasteiger partial charge in [0.1, 0.15) is 0 Å². The van der Waals surface area contributed by atoms with Gasteiger partial charge in [-0.15, -0.1) is 0 Å². The van der Waals surface area contributed by atoms with Crippen molar-refractivity contribution in [3.05, 3.63) is 11.8 Å². The number of unbranched alkanes of at least 4 members (excludes halogenated alkanes) is 2. The van der Waals surface area contributed by atoms with Gasteiger partial charge in [-0.05, 0) is 6.04 Å². The summed E-state index contributed by atoms with van der Waals surface area (Å²) in [6.07, 6.45) is 6.73. The third-order valence-corrected chi connectivity index (χ3v) is 7.03. The molecule has 0 saturated heterocycles. The molecule has 2 heteroatoms. The fraction of sp³-hybridized carbons (Fsp3) is 0.846. The molecule has 0 unspecified atom stereocenters. The lowest BCUT2D eigenvalue weighted by Crippen LogP contribution is -2.24. The average molecular weight is 243 g/mol. The molecule has 0 aromatic heterocycles. The number of allylic oxidation sites excluding steroid dienone is 1. The maximum absolute atomic E-state index is 2.54. The van der Waals surface area contributed by atoms with Gasteiger partial charge in [0.25, 0.3) is 0 Å². The van der Waals surface area contributed by atoms with Crippen molar-refractivity contribution in [1.29, 1.82) is 0 Å². The monoisotopic (exact) mass is 242 g/mol. The number of rotatable bonds is 7. The van der Waals surface area contributed by atoms with Crippen LogP contribution in [0.1, 0.15) is 26.2 Å². The summed E-state index contributed by atoms with van der Waals surface area (Å²) in [6.45, 7) is 14.6. The van der Waals surface area contributed by atoms with E-state index in [2.05, 4.69) is 51.4 Å². The second-order valence-corrected chi connectivity index (χ2v) is 16.9. The van der Waals surface area contributed by atoms with Crippen LogP contribution in [0.4, 0.5) is 0 Å². The summed E-state index contributed by atoms with van der Waals surface area (Å²) in [7, 11) is -1.86. The highest BCUT2D eigenvalue weighted by Gasteiger charge is 2.18. The molecule has 0 amide bonds. The minimum Gasteiger partial charge on any atom is -0.0992 e. The Morgan fingerprint density at radius 2 is 1.53 bits per heavy atom. The summed E-state index contributed by atoms with van der Waals surface area (Å²) in [4.78, 5) is 0. The van der Waals surface area contributed by atoms with Crippen molar-refractivity contribution < 1.29 is 0 Å². The zero-order valence-corrected chi connectivity index (χ0v) is 13.7. The van der Waals surface area contributed by atoms with Crippen molar-refractivity contribution in [3.63, 3.8) is 0 Å². The summed E-state index contributed by atoms with van der Waals surface area (Å²) < 4.78 is 0. The third kappa shape index (κ3) is 10.5. The van der Waals surface area contributed by atoms with Gasteiger partial charge in [0.15, 0.2) is 0 Å². The molecule has 0 aliphatic carbocycles. The Kier molecular flexibility index (Phi) is 6.77. The van der Waals surface area contributed by atoms with Crippen LogP contribution in [0.25, 0.3) is 0 Å². The van der Waals surface area contributed by atoms with Gasteiger partial charge in [0, 0.05) is 0 Å². The van der Waals surface area contributed by atoms with E-state index in [1.807, 2.05) is 0 Å². The fourth-order valence-corrected chi connectivity index (χ4v) is 4.91. The maximum Gasteiger partial charge on any atom is 0.0682 e. The van der Waals surface area contributed by atoms with Crippen LogP contribution in [0, 0.1) is 0 Å². The molecule has 0 rings (SSSR count). The first-order chi connectivity index (χ1) is 6.77. The lowest BCUT2D eigenvalue weighted by atomic mass is 10.3. The van der Waals surface area contributed by atoms with Crippen LogP contribution in [0.3, 0.4) is 0 Å². The number of hydrogen-bond acceptors (Lipinski definition) is 0. The minimum absolute atomic E-state index is 0.905. The van der Waals surface area contributed by atoms with E-state index < -0.39 is 16.1 Å². The van der Waals surface area contributed by atoms with Crippen molar-refractivity contribution in [2.75, 3.05) is 0 Å². The Morgan fingerprint density at radius 1 is 0.933 bits per heavy atom. The van der Waals surface area contributed by atoms with E-state index in [-0.39, 0.29) is 0 Å². The van der Waals surface area contributed by atoms with E-state index in [1.165, 1.54) is 31.4 Å². The lowest BCUT2D eigenvalue weighted by Gasteiger charge is -2.21. The highest BCUT2D eigenvalue weighted by molar-refractivity contribution is 6.81. The Balaban J connectivity index is 3.88. The van der Waals surface area contributed by atoms with Gasteiger partial charge >= 0.3 is 0 Å². The molecule has 0 aromatic carbocycles. The molecular formula is C13H30Si2. The highest BCUT2D eigenvalue weighted by atomic mass is 28.3.